The Balaban J connectivity index is 1.49. The lowest BCUT2D eigenvalue weighted by molar-refractivity contribution is -0.118. The highest BCUT2D eigenvalue weighted by molar-refractivity contribution is 7.22. The molecule has 0 aliphatic rings. The van der Waals surface area contributed by atoms with Crippen molar-refractivity contribution in [3.63, 3.8) is 0 Å². The fourth-order valence-corrected chi connectivity index (χ4v) is 5.08. The lowest BCUT2D eigenvalue weighted by Crippen LogP contribution is -2.29. The van der Waals surface area contributed by atoms with E-state index in [1.54, 1.807) is 21.1 Å². The van der Waals surface area contributed by atoms with Crippen molar-refractivity contribution in [1.29, 1.82) is 0 Å². The quantitative estimate of drug-likeness (QED) is 0.330. The van der Waals surface area contributed by atoms with Crippen molar-refractivity contribution in [2.24, 2.45) is 7.05 Å². The van der Waals surface area contributed by atoms with Crippen LogP contribution >= 0.6 is 11.3 Å². The second-order valence-corrected chi connectivity index (χ2v) is 8.86. The molecule has 2 aromatic heterocycles. The molecule has 0 saturated heterocycles. The molecule has 7 nitrogen and oxygen atoms in total. The molecule has 0 spiro atoms. The first-order valence-electron chi connectivity index (χ1n) is 11.1. The van der Waals surface area contributed by atoms with Gasteiger partial charge in [-0.05, 0) is 55.5 Å². The topological polar surface area (TPSA) is 69.4 Å². The van der Waals surface area contributed by atoms with E-state index in [1.807, 2.05) is 79.7 Å². The minimum atomic E-state index is -0.137. The number of carbonyl (C=O) groups is 1. The highest BCUT2D eigenvalue weighted by Gasteiger charge is 2.23. The maximum Gasteiger partial charge on any atom is 0.328 e. The van der Waals surface area contributed by atoms with Crippen molar-refractivity contribution in [2.45, 2.75) is 19.9 Å². The van der Waals surface area contributed by atoms with Crippen LogP contribution in [0, 0.1) is 0 Å². The largest absolute Gasteiger partial charge is 0.494 e. The number of thiazole rings is 1. The molecular formula is C26H24N4O3S. The number of hydrogen-bond donors (Lipinski definition) is 0. The number of hydrogen-bond acceptors (Lipinski definition) is 5. The van der Waals surface area contributed by atoms with E-state index in [9.17, 15) is 9.59 Å². The Labute approximate surface area is 200 Å². The summed E-state index contributed by atoms with van der Waals surface area (Å²) in [6.45, 7) is 2.77. The molecule has 1 amide bonds. The van der Waals surface area contributed by atoms with E-state index in [0.717, 1.165) is 27.0 Å². The maximum absolute atomic E-state index is 13.6. The summed E-state index contributed by atoms with van der Waals surface area (Å²) < 4.78 is 9.83. The molecule has 0 aliphatic heterocycles. The van der Waals surface area contributed by atoms with E-state index in [2.05, 4.69) is 0 Å². The number of rotatable bonds is 7. The van der Waals surface area contributed by atoms with Gasteiger partial charge in [-0.15, -0.1) is 0 Å². The molecule has 5 rings (SSSR count). The highest BCUT2D eigenvalue weighted by atomic mass is 32.1. The van der Waals surface area contributed by atoms with Gasteiger partial charge in [-0.25, -0.2) is 9.78 Å². The normalized spacial score (nSPS) is 11.2. The monoisotopic (exact) mass is 472 g/mol. The van der Waals surface area contributed by atoms with E-state index in [0.29, 0.717) is 17.4 Å². The fourth-order valence-electron chi connectivity index (χ4n) is 4.07. The SMILES string of the molecule is CCOc1ccc(N(C(=O)CCn2c(=O)n(C)c3ccccc32)c2nc3ccccc3s2)cc1. The summed E-state index contributed by atoms with van der Waals surface area (Å²) in [5, 5.41) is 0.598. The maximum atomic E-state index is 13.6. The molecule has 0 atom stereocenters. The first-order chi connectivity index (χ1) is 16.6. The third-order valence-corrected chi connectivity index (χ3v) is 6.75. The Morgan fingerprint density at radius 3 is 2.44 bits per heavy atom. The third-order valence-electron chi connectivity index (χ3n) is 5.73. The molecule has 0 saturated carbocycles. The van der Waals surface area contributed by atoms with Crippen LogP contribution < -0.4 is 15.3 Å². The van der Waals surface area contributed by atoms with E-state index >= 15 is 0 Å². The molecule has 0 bridgehead atoms. The number of amides is 1. The van der Waals surface area contributed by atoms with Crippen molar-refractivity contribution in [2.75, 3.05) is 11.5 Å². The van der Waals surface area contributed by atoms with E-state index in [4.69, 9.17) is 9.72 Å². The van der Waals surface area contributed by atoms with Crippen LogP contribution in [-0.4, -0.2) is 26.6 Å². The van der Waals surface area contributed by atoms with Crippen molar-refractivity contribution < 1.29 is 9.53 Å². The second kappa shape index (κ2) is 9.15. The van der Waals surface area contributed by atoms with Crippen LogP contribution in [0.5, 0.6) is 5.75 Å². The minimum Gasteiger partial charge on any atom is -0.494 e. The van der Waals surface area contributed by atoms with Gasteiger partial charge in [-0.3, -0.25) is 18.8 Å². The average molecular weight is 473 g/mol. The molecule has 2 heterocycles. The molecule has 34 heavy (non-hydrogen) atoms. The molecule has 0 unspecified atom stereocenters. The molecule has 172 valence electrons. The summed E-state index contributed by atoms with van der Waals surface area (Å²) in [5.41, 5.74) is 3.07. The Morgan fingerprint density at radius 2 is 1.71 bits per heavy atom. The van der Waals surface area contributed by atoms with Crippen LogP contribution in [0.2, 0.25) is 0 Å². The summed E-state index contributed by atoms with van der Waals surface area (Å²) in [5.74, 6) is 0.605. The number of nitrogens with zero attached hydrogens (tertiary/aromatic N) is 4. The number of carbonyl (C=O) groups excluding carboxylic acids is 1. The number of ether oxygens (including phenoxy) is 1. The van der Waals surface area contributed by atoms with Gasteiger partial charge in [0.2, 0.25) is 5.91 Å². The van der Waals surface area contributed by atoms with Gasteiger partial charge in [0.05, 0.1) is 33.5 Å². The first kappa shape index (κ1) is 21.9. The van der Waals surface area contributed by atoms with E-state index < -0.39 is 0 Å². The van der Waals surface area contributed by atoms with Crippen molar-refractivity contribution >= 4 is 49.3 Å². The zero-order valence-electron chi connectivity index (χ0n) is 19.0. The highest BCUT2D eigenvalue weighted by Crippen LogP contribution is 2.34. The first-order valence-corrected chi connectivity index (χ1v) is 11.9. The van der Waals surface area contributed by atoms with Crippen LogP contribution in [0.25, 0.3) is 21.3 Å². The van der Waals surface area contributed by atoms with Crippen LogP contribution in [-0.2, 0) is 18.4 Å². The van der Waals surface area contributed by atoms with Crippen molar-refractivity contribution in [3.05, 3.63) is 83.3 Å². The Bertz CT molecular complexity index is 1500. The number of para-hydroxylation sites is 3. The summed E-state index contributed by atoms with van der Waals surface area (Å²) in [4.78, 5) is 32.8. The van der Waals surface area contributed by atoms with Gasteiger partial charge in [0.1, 0.15) is 5.75 Å². The minimum absolute atomic E-state index is 0.136. The van der Waals surface area contributed by atoms with Crippen LogP contribution in [0.4, 0.5) is 10.8 Å². The van der Waals surface area contributed by atoms with Gasteiger partial charge < -0.3 is 4.74 Å². The van der Waals surface area contributed by atoms with Gasteiger partial charge in [0, 0.05) is 20.0 Å². The van der Waals surface area contributed by atoms with Crippen molar-refractivity contribution in [1.82, 2.24) is 14.1 Å². The van der Waals surface area contributed by atoms with Crippen LogP contribution in [0.1, 0.15) is 13.3 Å². The smallest absolute Gasteiger partial charge is 0.328 e. The average Bonchev–Trinajstić information content (AvgIpc) is 3.38. The lowest BCUT2D eigenvalue weighted by atomic mass is 10.2. The third kappa shape index (κ3) is 3.97. The molecule has 0 N–H and O–H groups in total. The number of aryl methyl sites for hydroxylation is 2. The van der Waals surface area contributed by atoms with Gasteiger partial charge in [0.15, 0.2) is 5.13 Å². The Hall–Kier alpha value is -3.91. The molecule has 0 aliphatic carbocycles. The number of benzene rings is 3. The summed E-state index contributed by atoms with van der Waals surface area (Å²) in [7, 11) is 1.75. The van der Waals surface area contributed by atoms with Crippen LogP contribution in [0.3, 0.4) is 0 Å². The zero-order valence-corrected chi connectivity index (χ0v) is 19.8. The summed E-state index contributed by atoms with van der Waals surface area (Å²) >= 11 is 1.46. The predicted molar refractivity (Wildman–Crippen MR) is 136 cm³/mol. The predicted octanol–water partition coefficient (Wildman–Crippen LogP) is 5.10. The number of anilines is 2. The van der Waals surface area contributed by atoms with Gasteiger partial charge in [-0.1, -0.05) is 35.6 Å². The van der Waals surface area contributed by atoms with E-state index in [1.165, 1.54) is 11.3 Å². The molecule has 0 fully saturated rings. The summed E-state index contributed by atoms with van der Waals surface area (Å²) in [6.07, 6.45) is 0.150. The molecule has 0 radical (unpaired) electrons. The summed E-state index contributed by atoms with van der Waals surface area (Å²) in [6, 6.07) is 22.8. The molecule has 3 aromatic carbocycles. The van der Waals surface area contributed by atoms with E-state index in [-0.39, 0.29) is 24.6 Å². The standard InChI is InChI=1S/C26H24N4O3S/c1-3-33-19-14-12-18(13-15-19)30(25-27-20-8-4-7-11-23(20)34-25)24(31)16-17-29-22-10-6-5-9-21(22)28(2)26(29)32/h4-15H,3,16-17H2,1-2H3. The second-order valence-electron chi connectivity index (χ2n) is 7.85. The Kier molecular flexibility index (Phi) is 5.90. The number of fused-ring (bicyclic) bond motifs is 2. The molecular weight excluding hydrogens is 448 g/mol. The molecule has 8 heteroatoms. The Morgan fingerprint density at radius 1 is 1.00 bits per heavy atom. The lowest BCUT2D eigenvalue weighted by Gasteiger charge is -2.20. The van der Waals surface area contributed by atoms with Gasteiger partial charge in [0.25, 0.3) is 0 Å². The van der Waals surface area contributed by atoms with Gasteiger partial charge >= 0.3 is 5.69 Å². The van der Waals surface area contributed by atoms with Gasteiger partial charge in [-0.2, -0.15) is 0 Å². The fraction of sp³-hybridized carbons (Fsp3) is 0.192. The zero-order chi connectivity index (χ0) is 23.7. The number of imidazole rings is 1. The molecule has 5 aromatic rings. The van der Waals surface area contributed by atoms with Crippen molar-refractivity contribution in [3.8, 4) is 5.75 Å². The number of aromatic nitrogens is 3. The van der Waals surface area contributed by atoms with Crippen LogP contribution in [0.15, 0.2) is 77.6 Å².